The Kier molecular flexibility index (Phi) is 16.4. The second-order valence-corrected chi connectivity index (χ2v) is 19.0. The monoisotopic (exact) mass is 549 g/mol. The van der Waals surface area contributed by atoms with Crippen LogP contribution >= 0.6 is 38.2 Å². The first-order chi connectivity index (χ1) is 14.3. The van der Waals surface area contributed by atoms with Gasteiger partial charge >= 0.3 is 41.5 Å². The SMILES string of the molecule is Cc1cccc(C)c1N=C(N[PH+](C(C)C)C(C)C)C(C)(C)C.[CH-]1CCCO1.[Cl][Cr+]([Cl])[Cl]. The molecule has 0 radical (unpaired) electrons. The molecule has 1 N–H and O–H groups in total. The molecule has 1 heterocycles. The van der Waals surface area contributed by atoms with Gasteiger partial charge in [0.2, 0.25) is 0 Å². The summed E-state index contributed by atoms with van der Waals surface area (Å²) in [5, 5.41) is 3.85. The molecular formula is C23H41Cl3CrN2OP+. The number of aryl methyl sites for hydroxylation is 2. The van der Waals surface area contributed by atoms with Gasteiger partial charge < -0.3 is 4.74 Å². The molecule has 3 nitrogen and oxygen atoms in total. The average molecular weight is 551 g/mol. The van der Waals surface area contributed by atoms with E-state index in [9.17, 15) is 0 Å². The van der Waals surface area contributed by atoms with E-state index in [1.54, 1.807) is 0 Å². The Morgan fingerprint density at radius 3 is 1.87 bits per heavy atom. The van der Waals surface area contributed by atoms with Gasteiger partial charge in [-0.05, 0) is 52.7 Å². The summed E-state index contributed by atoms with van der Waals surface area (Å²) in [6.45, 7) is 23.1. The molecular weight excluding hydrogens is 510 g/mol. The first-order valence-corrected chi connectivity index (χ1v) is 17.6. The van der Waals surface area contributed by atoms with E-state index in [0.717, 1.165) is 24.6 Å². The van der Waals surface area contributed by atoms with E-state index < -0.39 is 19.5 Å². The predicted molar refractivity (Wildman–Crippen MR) is 141 cm³/mol. The quantitative estimate of drug-likeness (QED) is 0.176. The molecule has 0 unspecified atom stereocenters. The number of aliphatic imine (C=N–C) groups is 1. The van der Waals surface area contributed by atoms with Crippen molar-refractivity contribution in [2.45, 2.75) is 86.5 Å². The number of nitrogens with one attached hydrogen (secondary N) is 1. The molecule has 1 saturated heterocycles. The van der Waals surface area contributed by atoms with Crippen molar-refractivity contribution in [1.29, 1.82) is 0 Å². The molecule has 0 atom stereocenters. The summed E-state index contributed by atoms with van der Waals surface area (Å²) < 4.78 is 4.82. The molecule has 180 valence electrons. The molecule has 0 spiro atoms. The zero-order valence-corrected chi connectivity index (χ0v) is 25.0. The molecule has 2 rings (SSSR count). The van der Waals surface area contributed by atoms with Crippen LogP contribution in [-0.4, -0.2) is 23.8 Å². The van der Waals surface area contributed by atoms with Crippen molar-refractivity contribution in [3.05, 3.63) is 35.9 Å². The van der Waals surface area contributed by atoms with Gasteiger partial charge in [0.25, 0.3) is 0 Å². The van der Waals surface area contributed by atoms with Crippen LogP contribution < -0.4 is 5.09 Å². The Hall–Kier alpha value is 0.482. The third-order valence-electron chi connectivity index (χ3n) is 4.58. The molecule has 1 fully saturated rings. The van der Waals surface area contributed by atoms with Gasteiger partial charge in [-0.25, -0.2) is 16.7 Å². The van der Waals surface area contributed by atoms with E-state index in [2.05, 4.69) is 85.6 Å². The van der Waals surface area contributed by atoms with Gasteiger partial charge in [0.05, 0.1) is 25.1 Å². The predicted octanol–water partition coefficient (Wildman–Crippen LogP) is 8.94. The molecule has 1 aliphatic heterocycles. The molecule has 1 aromatic carbocycles. The van der Waals surface area contributed by atoms with Crippen LogP contribution in [0.5, 0.6) is 0 Å². The van der Waals surface area contributed by atoms with Gasteiger partial charge in [-0.3, -0.25) is 0 Å². The van der Waals surface area contributed by atoms with Gasteiger partial charge in [-0.2, -0.15) is 6.42 Å². The number of rotatable bonds is 4. The van der Waals surface area contributed by atoms with Crippen molar-refractivity contribution in [2.24, 2.45) is 10.4 Å². The molecule has 8 heteroatoms. The van der Waals surface area contributed by atoms with Crippen molar-refractivity contribution < 1.29 is 16.1 Å². The third-order valence-corrected chi connectivity index (χ3v) is 7.60. The molecule has 31 heavy (non-hydrogen) atoms. The number of para-hydroxylation sites is 1. The normalized spacial score (nSPS) is 14.5. The van der Waals surface area contributed by atoms with Crippen LogP contribution in [0.4, 0.5) is 5.69 Å². The van der Waals surface area contributed by atoms with E-state index in [4.69, 9.17) is 39.9 Å². The van der Waals surface area contributed by atoms with E-state index >= 15 is 0 Å². The second-order valence-electron chi connectivity index (χ2n) is 9.20. The summed E-state index contributed by atoms with van der Waals surface area (Å²) in [4.78, 5) is 5.06. The van der Waals surface area contributed by atoms with Crippen LogP contribution in [0.1, 0.15) is 72.4 Å². The fourth-order valence-electron chi connectivity index (χ4n) is 2.99. The zero-order chi connectivity index (χ0) is 24.2. The number of halogens is 3. The Labute approximate surface area is 209 Å². The van der Waals surface area contributed by atoms with E-state index in [1.165, 1.54) is 17.5 Å². The van der Waals surface area contributed by atoms with Crippen molar-refractivity contribution in [3.63, 3.8) is 0 Å². The molecule has 0 saturated carbocycles. The van der Waals surface area contributed by atoms with Crippen LogP contribution in [0, 0.1) is 25.9 Å². The molecule has 0 aliphatic carbocycles. The summed E-state index contributed by atoms with van der Waals surface area (Å²) in [6, 6.07) is 6.39. The first-order valence-electron chi connectivity index (χ1n) is 10.7. The molecule has 0 bridgehead atoms. The molecule has 1 aliphatic rings. The number of nitrogens with zero attached hydrogens (tertiary/aromatic N) is 1. The molecule has 1 aromatic rings. The standard InChI is InChI=1S/C19H33N2P.C4H7O.3ClH.Cr/c1-13(2)22(14(3)4)21-18(19(7,8)9)20-17-15(5)11-10-12-16(17)6;1-2-4-5-3-1;;;;/h10-14H,1-9H3,(H,20,21);3H,1-2,4H2;3*1H;/q;-1;;;;+4/p-2. The number of benzene rings is 1. The van der Waals surface area contributed by atoms with Gasteiger partial charge in [0, 0.05) is 12.0 Å². The number of amidine groups is 1. The summed E-state index contributed by atoms with van der Waals surface area (Å²) in [7, 11) is 14.1. The summed E-state index contributed by atoms with van der Waals surface area (Å²) in [5.41, 5.74) is 4.98. The minimum absolute atomic E-state index is 0.0222. The van der Waals surface area contributed by atoms with Crippen LogP contribution in [0.3, 0.4) is 0 Å². The van der Waals surface area contributed by atoms with Crippen LogP contribution in [-0.2, 0) is 16.1 Å². The number of hydrogen-bond acceptors (Lipinski definition) is 2. The molecule has 0 amide bonds. The zero-order valence-electron chi connectivity index (χ0n) is 20.5. The van der Waals surface area contributed by atoms with Crippen LogP contribution in [0.25, 0.3) is 0 Å². The van der Waals surface area contributed by atoms with Crippen molar-refractivity contribution >= 4 is 49.7 Å². The fraction of sp³-hybridized carbons (Fsp3) is 0.652. The Morgan fingerprint density at radius 1 is 1.10 bits per heavy atom. The van der Waals surface area contributed by atoms with Crippen molar-refractivity contribution in [3.8, 4) is 0 Å². The van der Waals surface area contributed by atoms with E-state index in [-0.39, 0.29) is 5.41 Å². The van der Waals surface area contributed by atoms with Crippen LogP contribution in [0.15, 0.2) is 23.2 Å². The van der Waals surface area contributed by atoms with E-state index in [1.807, 2.05) is 6.61 Å². The summed E-state index contributed by atoms with van der Waals surface area (Å²) in [5.74, 6) is 1.13. The minimum atomic E-state index is -1.62. The third kappa shape index (κ3) is 14.4. The number of ether oxygens (including phenoxy) is 1. The Morgan fingerprint density at radius 2 is 1.58 bits per heavy atom. The topological polar surface area (TPSA) is 33.6 Å². The Balaban J connectivity index is 0.000000824. The van der Waals surface area contributed by atoms with Gasteiger partial charge in [-0.15, -0.1) is 0 Å². The average Bonchev–Trinajstić information content (AvgIpc) is 3.18. The van der Waals surface area contributed by atoms with Gasteiger partial charge in [-0.1, -0.05) is 45.4 Å². The van der Waals surface area contributed by atoms with E-state index in [0.29, 0.717) is 11.3 Å². The van der Waals surface area contributed by atoms with Crippen LogP contribution in [0.2, 0.25) is 0 Å². The summed E-state index contributed by atoms with van der Waals surface area (Å²) in [6.07, 6.45) is 2.38. The first kappa shape index (κ1) is 31.5. The maximum atomic E-state index is 5.06. The number of hydrogen-bond donors (Lipinski definition) is 1. The second kappa shape index (κ2) is 16.2. The summed E-state index contributed by atoms with van der Waals surface area (Å²) >= 11 is -1.62. The maximum absolute atomic E-state index is 5.06. The van der Waals surface area contributed by atoms with Crippen molar-refractivity contribution in [2.75, 3.05) is 6.61 Å². The van der Waals surface area contributed by atoms with Crippen molar-refractivity contribution in [1.82, 2.24) is 5.09 Å². The fourth-order valence-corrected chi connectivity index (χ4v) is 5.60. The molecule has 0 aromatic heterocycles. The Bertz CT molecular complexity index is 622. The van der Waals surface area contributed by atoms with Gasteiger partial charge in [0.15, 0.2) is 0 Å². The van der Waals surface area contributed by atoms with Gasteiger partial charge in [0.1, 0.15) is 5.84 Å².